The van der Waals surface area contributed by atoms with Crippen molar-refractivity contribution in [3.05, 3.63) is 89.5 Å². The van der Waals surface area contributed by atoms with Gasteiger partial charge in [-0.25, -0.2) is 0 Å². The van der Waals surface area contributed by atoms with E-state index in [0.29, 0.717) is 28.6 Å². The number of amides is 1. The summed E-state index contributed by atoms with van der Waals surface area (Å²) in [7, 11) is 0. The van der Waals surface area contributed by atoms with Crippen LogP contribution < -0.4 is 10.1 Å². The number of hydrogen-bond donors (Lipinski definition) is 1. The highest BCUT2D eigenvalue weighted by Crippen LogP contribution is 2.30. The number of benzene rings is 3. The van der Waals surface area contributed by atoms with Crippen molar-refractivity contribution in [1.29, 1.82) is 5.26 Å². The Bertz CT molecular complexity index is 1110. The molecule has 0 aliphatic heterocycles. The first-order chi connectivity index (χ1) is 13.6. The summed E-state index contributed by atoms with van der Waals surface area (Å²) in [5.74, 6) is 0.0503. The lowest BCUT2D eigenvalue weighted by atomic mass is 10.0. The second-order valence-electron chi connectivity index (χ2n) is 5.93. The highest BCUT2D eigenvalue weighted by molar-refractivity contribution is 6.31. The topological polar surface area (TPSA) is 62.1 Å². The molecule has 0 spiro atoms. The Morgan fingerprint density at radius 3 is 2.75 bits per heavy atom. The molecule has 3 aromatic rings. The predicted molar refractivity (Wildman–Crippen MR) is 113 cm³/mol. The van der Waals surface area contributed by atoms with Gasteiger partial charge in [0.2, 0.25) is 0 Å². The van der Waals surface area contributed by atoms with Gasteiger partial charge in [0.15, 0.2) is 0 Å². The van der Waals surface area contributed by atoms with Gasteiger partial charge in [0.05, 0.1) is 0 Å². The number of halogens is 1. The molecule has 0 saturated carbocycles. The molecule has 5 heteroatoms. The first-order valence-corrected chi connectivity index (χ1v) is 8.94. The predicted octanol–water partition coefficient (Wildman–Crippen LogP) is 5.60. The maximum atomic E-state index is 12.6. The molecule has 0 bridgehead atoms. The first-order valence-electron chi connectivity index (χ1n) is 8.56. The van der Waals surface area contributed by atoms with Gasteiger partial charge in [-0.1, -0.05) is 60.7 Å². The normalized spacial score (nSPS) is 10.9. The van der Waals surface area contributed by atoms with Gasteiger partial charge in [-0.15, -0.1) is 0 Å². The number of nitriles is 1. The highest BCUT2D eigenvalue weighted by atomic mass is 35.5. The van der Waals surface area contributed by atoms with Gasteiger partial charge >= 0.3 is 0 Å². The summed E-state index contributed by atoms with van der Waals surface area (Å²) in [5.41, 5.74) is 1.14. The zero-order valence-electron chi connectivity index (χ0n) is 15.0. The van der Waals surface area contributed by atoms with E-state index >= 15 is 0 Å². The van der Waals surface area contributed by atoms with Crippen LogP contribution in [-0.2, 0) is 4.79 Å². The zero-order valence-corrected chi connectivity index (χ0v) is 15.7. The zero-order chi connectivity index (χ0) is 19.9. The fourth-order valence-electron chi connectivity index (χ4n) is 2.76. The molecule has 0 aliphatic carbocycles. The number of hydrogen-bond acceptors (Lipinski definition) is 3. The second kappa shape index (κ2) is 8.90. The van der Waals surface area contributed by atoms with E-state index in [1.54, 1.807) is 36.4 Å². The summed E-state index contributed by atoms with van der Waals surface area (Å²) in [4.78, 5) is 12.6. The van der Waals surface area contributed by atoms with Crippen molar-refractivity contribution in [2.75, 3.05) is 11.9 Å². The molecule has 138 valence electrons. The van der Waals surface area contributed by atoms with E-state index in [9.17, 15) is 10.1 Å². The molecular formula is C23H17ClN2O2. The number of anilines is 1. The average molecular weight is 389 g/mol. The third-order valence-corrected chi connectivity index (χ3v) is 4.26. The molecule has 0 radical (unpaired) electrons. The van der Waals surface area contributed by atoms with Crippen LogP contribution in [0.5, 0.6) is 5.75 Å². The van der Waals surface area contributed by atoms with Gasteiger partial charge in [-0.2, -0.15) is 5.26 Å². The van der Waals surface area contributed by atoms with Gasteiger partial charge in [-0.05, 0) is 41.1 Å². The van der Waals surface area contributed by atoms with E-state index in [4.69, 9.17) is 16.3 Å². The molecule has 0 atom stereocenters. The van der Waals surface area contributed by atoms with Crippen molar-refractivity contribution in [3.8, 4) is 11.8 Å². The minimum absolute atomic E-state index is 0.0419. The molecule has 3 rings (SSSR count). The third kappa shape index (κ3) is 4.40. The first kappa shape index (κ1) is 19.2. The van der Waals surface area contributed by atoms with Gasteiger partial charge in [-0.3, -0.25) is 4.79 Å². The second-order valence-corrected chi connectivity index (χ2v) is 6.37. The lowest BCUT2D eigenvalue weighted by Gasteiger charge is -2.11. The maximum absolute atomic E-state index is 12.6. The number of carbonyl (C=O) groups excluding carboxylic acids is 1. The SMILES string of the molecule is C=CCOc1ccc2ccccc2c1/C=C(\C#N)C(=O)Nc1cccc(Cl)c1. The fourth-order valence-corrected chi connectivity index (χ4v) is 2.95. The lowest BCUT2D eigenvalue weighted by molar-refractivity contribution is -0.112. The van der Waals surface area contributed by atoms with Crippen molar-refractivity contribution in [1.82, 2.24) is 0 Å². The number of ether oxygens (including phenoxy) is 1. The van der Waals surface area contributed by atoms with Crippen LogP contribution in [-0.4, -0.2) is 12.5 Å². The largest absolute Gasteiger partial charge is 0.489 e. The van der Waals surface area contributed by atoms with Gasteiger partial charge in [0, 0.05) is 16.3 Å². The van der Waals surface area contributed by atoms with Crippen molar-refractivity contribution in [2.45, 2.75) is 0 Å². The number of rotatable bonds is 6. The minimum Gasteiger partial charge on any atom is -0.489 e. The molecule has 28 heavy (non-hydrogen) atoms. The monoisotopic (exact) mass is 388 g/mol. The number of nitrogens with zero attached hydrogens (tertiary/aromatic N) is 1. The summed E-state index contributed by atoms with van der Waals surface area (Å²) in [5, 5.41) is 14.6. The number of carbonyl (C=O) groups is 1. The van der Waals surface area contributed by atoms with Gasteiger partial charge < -0.3 is 10.1 Å². The average Bonchev–Trinajstić information content (AvgIpc) is 2.70. The van der Waals surface area contributed by atoms with Crippen molar-refractivity contribution in [3.63, 3.8) is 0 Å². The molecule has 3 aromatic carbocycles. The standard InChI is InChI=1S/C23H17ClN2O2/c1-2-12-28-22-11-10-16-6-3-4-9-20(16)21(22)13-17(15-25)23(27)26-19-8-5-7-18(24)14-19/h2-11,13-14H,1,12H2,(H,26,27)/b17-13+. The van der Waals surface area contributed by atoms with E-state index in [1.165, 1.54) is 0 Å². The Balaban J connectivity index is 2.03. The van der Waals surface area contributed by atoms with Crippen molar-refractivity contribution in [2.24, 2.45) is 0 Å². The third-order valence-electron chi connectivity index (χ3n) is 4.02. The van der Waals surface area contributed by atoms with Crippen LogP contribution in [0.1, 0.15) is 5.56 Å². The number of nitrogens with one attached hydrogen (secondary N) is 1. The van der Waals surface area contributed by atoms with E-state index in [0.717, 1.165) is 10.8 Å². The van der Waals surface area contributed by atoms with Crippen LogP contribution in [0.15, 0.2) is 78.9 Å². The maximum Gasteiger partial charge on any atom is 0.266 e. The molecule has 0 fully saturated rings. The quantitative estimate of drug-likeness (QED) is 0.339. The van der Waals surface area contributed by atoms with E-state index in [-0.39, 0.29) is 5.57 Å². The molecule has 1 amide bonds. The Kier molecular flexibility index (Phi) is 6.11. The Morgan fingerprint density at radius 1 is 1.18 bits per heavy atom. The minimum atomic E-state index is -0.521. The Labute approximate surface area is 168 Å². The summed E-state index contributed by atoms with van der Waals surface area (Å²) in [6.07, 6.45) is 3.18. The van der Waals surface area contributed by atoms with E-state index < -0.39 is 5.91 Å². The van der Waals surface area contributed by atoms with Gasteiger partial charge in [0.1, 0.15) is 24.0 Å². The lowest BCUT2D eigenvalue weighted by Crippen LogP contribution is -2.13. The van der Waals surface area contributed by atoms with Crippen LogP contribution in [0.4, 0.5) is 5.69 Å². The molecule has 4 nitrogen and oxygen atoms in total. The van der Waals surface area contributed by atoms with Crippen LogP contribution >= 0.6 is 11.6 Å². The van der Waals surface area contributed by atoms with Crippen LogP contribution in [0.2, 0.25) is 5.02 Å². The highest BCUT2D eigenvalue weighted by Gasteiger charge is 2.14. The van der Waals surface area contributed by atoms with E-state index in [1.807, 2.05) is 42.5 Å². The summed E-state index contributed by atoms with van der Waals surface area (Å²) in [6.45, 7) is 3.97. The van der Waals surface area contributed by atoms with Crippen molar-refractivity contribution < 1.29 is 9.53 Å². The smallest absolute Gasteiger partial charge is 0.266 e. The van der Waals surface area contributed by atoms with Gasteiger partial charge in [0.25, 0.3) is 5.91 Å². The van der Waals surface area contributed by atoms with E-state index in [2.05, 4.69) is 11.9 Å². The Hall–Kier alpha value is -3.55. The molecular weight excluding hydrogens is 372 g/mol. The fraction of sp³-hybridized carbons (Fsp3) is 0.0435. The summed E-state index contributed by atoms with van der Waals surface area (Å²) >= 11 is 5.95. The van der Waals surface area contributed by atoms with Crippen LogP contribution in [0.3, 0.4) is 0 Å². The Morgan fingerprint density at radius 2 is 2.00 bits per heavy atom. The molecule has 0 saturated heterocycles. The molecule has 1 N–H and O–H groups in total. The molecule has 0 unspecified atom stereocenters. The number of fused-ring (bicyclic) bond motifs is 1. The molecule has 0 aliphatic rings. The summed E-state index contributed by atoms with van der Waals surface area (Å²) < 4.78 is 5.73. The van der Waals surface area contributed by atoms with Crippen LogP contribution in [0, 0.1) is 11.3 Å². The van der Waals surface area contributed by atoms with Crippen LogP contribution in [0.25, 0.3) is 16.8 Å². The van der Waals surface area contributed by atoms with Crippen molar-refractivity contribution >= 4 is 40.0 Å². The molecule has 0 heterocycles. The molecule has 0 aromatic heterocycles. The summed E-state index contributed by atoms with van der Waals surface area (Å²) in [6, 6.07) is 20.2.